The van der Waals surface area contributed by atoms with Gasteiger partial charge < -0.3 is 19.3 Å². The summed E-state index contributed by atoms with van der Waals surface area (Å²) in [6.45, 7) is 0. The van der Waals surface area contributed by atoms with Gasteiger partial charge in [-0.3, -0.25) is 14.5 Å². The second-order valence-electron chi connectivity index (χ2n) is 7.35. The lowest BCUT2D eigenvalue weighted by molar-refractivity contribution is -0.132. The van der Waals surface area contributed by atoms with Gasteiger partial charge >= 0.3 is 0 Å². The zero-order valence-electron chi connectivity index (χ0n) is 18.4. The Balaban J connectivity index is 1.90. The summed E-state index contributed by atoms with van der Waals surface area (Å²) in [7, 11) is 4.54. The molecule has 4 rings (SSSR count). The molecule has 33 heavy (non-hydrogen) atoms. The molecule has 168 valence electrons. The van der Waals surface area contributed by atoms with Crippen LogP contribution in [0.15, 0.2) is 78.4 Å². The molecule has 1 saturated heterocycles. The van der Waals surface area contributed by atoms with Crippen molar-refractivity contribution >= 4 is 23.1 Å². The first-order chi connectivity index (χ1) is 16.0. The molecule has 1 N–H and O–H groups in total. The van der Waals surface area contributed by atoms with Gasteiger partial charge in [0.15, 0.2) is 11.5 Å². The van der Waals surface area contributed by atoms with Crippen LogP contribution in [-0.4, -0.2) is 38.1 Å². The molecule has 1 aliphatic heterocycles. The summed E-state index contributed by atoms with van der Waals surface area (Å²) in [5.74, 6) is -0.298. The van der Waals surface area contributed by atoms with Crippen LogP contribution in [-0.2, 0) is 9.59 Å². The van der Waals surface area contributed by atoms with Gasteiger partial charge in [0.2, 0.25) is 0 Å². The number of rotatable bonds is 6. The number of ketones is 1. The van der Waals surface area contributed by atoms with Crippen molar-refractivity contribution in [1.82, 2.24) is 0 Å². The summed E-state index contributed by atoms with van der Waals surface area (Å²) >= 11 is 0. The lowest BCUT2D eigenvalue weighted by atomic mass is 9.95. The molecular formula is C26H23NO6. The second kappa shape index (κ2) is 9.08. The van der Waals surface area contributed by atoms with Gasteiger partial charge in [-0.2, -0.15) is 0 Å². The van der Waals surface area contributed by atoms with Crippen molar-refractivity contribution in [3.63, 3.8) is 0 Å². The van der Waals surface area contributed by atoms with Crippen molar-refractivity contribution in [2.75, 3.05) is 26.2 Å². The van der Waals surface area contributed by atoms with E-state index < -0.39 is 17.7 Å². The molecule has 0 saturated carbocycles. The van der Waals surface area contributed by atoms with Crippen LogP contribution >= 0.6 is 0 Å². The highest BCUT2D eigenvalue weighted by atomic mass is 16.5. The lowest BCUT2D eigenvalue weighted by Crippen LogP contribution is -2.29. The fourth-order valence-electron chi connectivity index (χ4n) is 3.93. The predicted octanol–water partition coefficient (Wildman–Crippen LogP) is 4.34. The molecule has 7 heteroatoms. The number of amides is 1. The summed E-state index contributed by atoms with van der Waals surface area (Å²) in [6.07, 6.45) is 0. The number of Topliss-reactive ketones (excluding diaryl/α,β-unsaturated/α-hetero) is 1. The Labute approximate surface area is 191 Å². The van der Waals surface area contributed by atoms with E-state index in [1.165, 1.54) is 19.1 Å². The maximum atomic E-state index is 13.2. The minimum Gasteiger partial charge on any atom is -0.507 e. The Morgan fingerprint density at radius 2 is 1.48 bits per heavy atom. The number of aliphatic hydroxyl groups is 1. The number of methoxy groups -OCH3 is 3. The third-order valence-electron chi connectivity index (χ3n) is 5.57. The fraction of sp³-hybridized carbons (Fsp3) is 0.154. The number of aliphatic hydroxyl groups excluding tert-OH is 1. The fourth-order valence-corrected chi connectivity index (χ4v) is 3.93. The first kappa shape index (κ1) is 22.0. The third-order valence-corrected chi connectivity index (χ3v) is 5.57. The first-order valence-corrected chi connectivity index (χ1v) is 10.2. The average molecular weight is 445 g/mol. The summed E-state index contributed by atoms with van der Waals surface area (Å²) < 4.78 is 15.8. The number of hydrogen-bond acceptors (Lipinski definition) is 6. The van der Waals surface area contributed by atoms with Gasteiger partial charge in [0.25, 0.3) is 11.7 Å². The Hall–Kier alpha value is -4.26. The maximum absolute atomic E-state index is 13.2. The van der Waals surface area contributed by atoms with Crippen molar-refractivity contribution in [3.8, 4) is 17.2 Å². The molecule has 1 fully saturated rings. The number of benzene rings is 3. The Morgan fingerprint density at radius 3 is 2.09 bits per heavy atom. The minimum atomic E-state index is -0.812. The first-order valence-electron chi connectivity index (χ1n) is 10.2. The molecule has 0 bridgehead atoms. The summed E-state index contributed by atoms with van der Waals surface area (Å²) in [5.41, 5.74) is 1.53. The highest BCUT2D eigenvalue weighted by Gasteiger charge is 2.47. The van der Waals surface area contributed by atoms with Crippen LogP contribution in [0.25, 0.3) is 5.76 Å². The molecule has 1 atom stereocenters. The SMILES string of the molecule is COc1ccc(N2C(=O)C(=O)/C(=C(\O)c3ccc(OC)c(OC)c3)C2c2ccccc2)cc1. The van der Waals surface area contributed by atoms with E-state index in [1.54, 1.807) is 49.6 Å². The van der Waals surface area contributed by atoms with Crippen molar-refractivity contribution < 1.29 is 28.9 Å². The van der Waals surface area contributed by atoms with Gasteiger partial charge in [0.1, 0.15) is 11.5 Å². The summed E-state index contributed by atoms with van der Waals surface area (Å²) in [6, 6.07) is 19.9. The van der Waals surface area contributed by atoms with Gasteiger partial charge in [0.05, 0.1) is 32.9 Å². The van der Waals surface area contributed by atoms with Gasteiger partial charge in [-0.15, -0.1) is 0 Å². The second-order valence-corrected chi connectivity index (χ2v) is 7.35. The monoisotopic (exact) mass is 445 g/mol. The molecule has 1 amide bonds. The van der Waals surface area contributed by atoms with Crippen LogP contribution in [0.2, 0.25) is 0 Å². The molecule has 3 aromatic carbocycles. The summed E-state index contributed by atoms with van der Waals surface area (Å²) in [5, 5.41) is 11.2. The van der Waals surface area contributed by atoms with Gasteiger partial charge in [-0.05, 0) is 48.0 Å². The van der Waals surface area contributed by atoms with E-state index in [1.807, 2.05) is 30.3 Å². The lowest BCUT2D eigenvalue weighted by Gasteiger charge is -2.25. The molecule has 3 aromatic rings. The molecule has 0 radical (unpaired) electrons. The zero-order valence-corrected chi connectivity index (χ0v) is 18.4. The molecular weight excluding hydrogens is 422 g/mol. The van der Waals surface area contributed by atoms with Crippen molar-refractivity contribution in [2.45, 2.75) is 6.04 Å². The standard InChI is InChI=1S/C26H23NO6/c1-31-19-12-10-18(11-13-19)27-23(16-7-5-4-6-8-16)22(25(29)26(27)30)24(28)17-9-14-20(32-2)21(15-17)33-3/h4-15,23,28H,1-3H3/b24-22-. The third kappa shape index (κ3) is 3.89. The number of anilines is 1. The molecule has 1 unspecified atom stereocenters. The van der Waals surface area contributed by atoms with Crippen LogP contribution < -0.4 is 19.1 Å². The van der Waals surface area contributed by atoms with Gasteiger partial charge in [-0.1, -0.05) is 30.3 Å². The van der Waals surface area contributed by atoms with Crippen LogP contribution in [0.1, 0.15) is 17.2 Å². The van der Waals surface area contributed by atoms with Crippen molar-refractivity contribution in [3.05, 3.63) is 89.5 Å². The molecule has 7 nitrogen and oxygen atoms in total. The summed E-state index contributed by atoms with van der Waals surface area (Å²) in [4.78, 5) is 27.8. The van der Waals surface area contributed by atoms with Crippen LogP contribution in [0.4, 0.5) is 5.69 Å². The Morgan fingerprint density at radius 1 is 0.818 bits per heavy atom. The topological polar surface area (TPSA) is 85.3 Å². The van der Waals surface area contributed by atoms with Crippen LogP contribution in [0.5, 0.6) is 17.2 Å². The Kier molecular flexibility index (Phi) is 6.04. The smallest absolute Gasteiger partial charge is 0.300 e. The van der Waals surface area contributed by atoms with Gasteiger partial charge in [-0.25, -0.2) is 0 Å². The predicted molar refractivity (Wildman–Crippen MR) is 124 cm³/mol. The van der Waals surface area contributed by atoms with Crippen LogP contribution in [0.3, 0.4) is 0 Å². The number of ether oxygens (including phenoxy) is 3. The molecule has 0 aromatic heterocycles. The van der Waals surface area contributed by atoms with E-state index in [-0.39, 0.29) is 11.3 Å². The molecule has 0 aliphatic carbocycles. The number of carbonyl (C=O) groups excluding carboxylic acids is 2. The van der Waals surface area contributed by atoms with E-state index in [0.717, 1.165) is 0 Å². The van der Waals surface area contributed by atoms with E-state index in [9.17, 15) is 14.7 Å². The average Bonchev–Trinajstić information content (AvgIpc) is 3.14. The van der Waals surface area contributed by atoms with Crippen LogP contribution in [0, 0.1) is 0 Å². The number of hydrogen-bond donors (Lipinski definition) is 1. The number of nitrogens with zero attached hydrogens (tertiary/aromatic N) is 1. The Bertz CT molecular complexity index is 1220. The normalized spacial score (nSPS) is 17.2. The highest BCUT2D eigenvalue weighted by Crippen LogP contribution is 2.43. The quantitative estimate of drug-likeness (QED) is 0.345. The largest absolute Gasteiger partial charge is 0.507 e. The van der Waals surface area contributed by atoms with Gasteiger partial charge in [0, 0.05) is 11.3 Å². The van der Waals surface area contributed by atoms with Crippen molar-refractivity contribution in [2.24, 2.45) is 0 Å². The molecule has 1 heterocycles. The van der Waals surface area contributed by atoms with E-state index in [0.29, 0.717) is 34.1 Å². The maximum Gasteiger partial charge on any atom is 0.300 e. The zero-order chi connectivity index (χ0) is 23.5. The van der Waals surface area contributed by atoms with E-state index >= 15 is 0 Å². The molecule has 1 aliphatic rings. The minimum absolute atomic E-state index is 0.00534. The van der Waals surface area contributed by atoms with Crippen molar-refractivity contribution in [1.29, 1.82) is 0 Å². The number of carbonyl (C=O) groups is 2. The van der Waals surface area contributed by atoms with E-state index in [4.69, 9.17) is 14.2 Å². The highest BCUT2D eigenvalue weighted by molar-refractivity contribution is 6.51. The molecule has 0 spiro atoms. The van der Waals surface area contributed by atoms with E-state index in [2.05, 4.69) is 0 Å².